The second kappa shape index (κ2) is 6.41. The normalized spacial score (nSPS) is 51.8. The maximum atomic E-state index is 12.2. The highest BCUT2D eigenvalue weighted by atomic mass is 16.4. The molecule has 0 aromatic carbocycles. The Bertz CT molecular complexity index is 829. The third-order valence-electron chi connectivity index (χ3n) is 9.89. The zero-order chi connectivity index (χ0) is 20.6. The van der Waals surface area contributed by atoms with Crippen molar-refractivity contribution in [1.82, 2.24) is 0 Å². The maximum Gasteiger partial charge on any atom is 0.335 e. The van der Waals surface area contributed by atoms with E-state index < -0.39 is 17.1 Å². The summed E-state index contributed by atoms with van der Waals surface area (Å²) in [6.07, 6.45) is 7.49. The van der Waals surface area contributed by atoms with E-state index in [9.17, 15) is 20.1 Å². The van der Waals surface area contributed by atoms with Crippen molar-refractivity contribution in [2.24, 2.45) is 28.6 Å². The molecule has 0 saturated heterocycles. The molecule has 5 nitrogen and oxygen atoms in total. The van der Waals surface area contributed by atoms with Gasteiger partial charge in [0.25, 0.3) is 0 Å². The second-order valence-corrected chi connectivity index (χ2v) is 10.9. The quantitative estimate of drug-likeness (QED) is 0.671. The van der Waals surface area contributed by atoms with Gasteiger partial charge in [0.05, 0.1) is 24.1 Å². The molecule has 4 saturated carbocycles. The van der Waals surface area contributed by atoms with Crippen molar-refractivity contribution in [2.75, 3.05) is 0 Å². The molecule has 1 aromatic heterocycles. The van der Waals surface area contributed by atoms with E-state index in [1.165, 1.54) is 6.07 Å². The van der Waals surface area contributed by atoms with Crippen LogP contribution in [-0.2, 0) is 0 Å². The van der Waals surface area contributed by atoms with Gasteiger partial charge in [0.1, 0.15) is 0 Å². The van der Waals surface area contributed by atoms with Crippen molar-refractivity contribution in [3.63, 3.8) is 0 Å². The smallest absolute Gasteiger partial charge is 0.335 e. The van der Waals surface area contributed by atoms with Gasteiger partial charge in [0, 0.05) is 11.5 Å². The van der Waals surface area contributed by atoms with Gasteiger partial charge in [0.15, 0.2) is 0 Å². The van der Waals surface area contributed by atoms with Gasteiger partial charge in [-0.05, 0) is 92.1 Å². The molecule has 0 unspecified atom stereocenters. The number of aliphatic hydroxyl groups excluding tert-OH is 2. The van der Waals surface area contributed by atoms with E-state index in [1.54, 1.807) is 6.26 Å². The highest BCUT2D eigenvalue weighted by Crippen LogP contribution is 2.70. The zero-order valence-electron chi connectivity index (χ0n) is 17.5. The summed E-state index contributed by atoms with van der Waals surface area (Å²) in [6.45, 7) is 4.43. The van der Waals surface area contributed by atoms with E-state index in [2.05, 4.69) is 13.8 Å². The van der Waals surface area contributed by atoms with Crippen LogP contribution in [0.5, 0.6) is 0 Å². The topological polar surface area (TPSA) is 90.9 Å². The van der Waals surface area contributed by atoms with Crippen LogP contribution in [-0.4, -0.2) is 33.1 Å². The second-order valence-electron chi connectivity index (χ2n) is 10.9. The van der Waals surface area contributed by atoms with Gasteiger partial charge in [0.2, 0.25) is 0 Å². The van der Waals surface area contributed by atoms with Crippen LogP contribution in [0.25, 0.3) is 0 Å². The molecule has 5 rings (SSSR count). The highest BCUT2D eigenvalue weighted by Gasteiger charge is 2.69. The largest absolute Gasteiger partial charge is 0.431 e. The summed E-state index contributed by atoms with van der Waals surface area (Å²) < 4.78 is 5.14. The molecule has 160 valence electrons. The molecule has 0 amide bonds. The summed E-state index contributed by atoms with van der Waals surface area (Å²) in [5.41, 5.74) is -0.681. The van der Waals surface area contributed by atoms with Gasteiger partial charge in [-0.15, -0.1) is 0 Å². The van der Waals surface area contributed by atoms with E-state index in [0.29, 0.717) is 12.3 Å². The van der Waals surface area contributed by atoms with E-state index in [0.717, 1.165) is 50.5 Å². The van der Waals surface area contributed by atoms with Crippen LogP contribution in [0, 0.1) is 28.6 Å². The summed E-state index contributed by atoms with van der Waals surface area (Å²) in [6, 6.07) is 3.28. The predicted molar refractivity (Wildman–Crippen MR) is 108 cm³/mol. The van der Waals surface area contributed by atoms with Crippen LogP contribution in [0.1, 0.15) is 76.7 Å². The fourth-order valence-electron chi connectivity index (χ4n) is 8.41. The maximum absolute atomic E-state index is 12.2. The van der Waals surface area contributed by atoms with Gasteiger partial charge in [-0.2, -0.15) is 0 Å². The zero-order valence-corrected chi connectivity index (χ0v) is 17.5. The Morgan fingerprint density at radius 1 is 1.07 bits per heavy atom. The summed E-state index contributed by atoms with van der Waals surface area (Å²) in [5, 5.41) is 33.8. The van der Waals surface area contributed by atoms with Crippen LogP contribution in [0.15, 0.2) is 27.6 Å². The third kappa shape index (κ3) is 2.60. The molecule has 29 heavy (non-hydrogen) atoms. The molecular formula is C24H34O5. The van der Waals surface area contributed by atoms with Crippen LogP contribution in [0.2, 0.25) is 0 Å². The molecule has 0 spiro atoms. The lowest BCUT2D eigenvalue weighted by molar-refractivity contribution is -0.239. The first kappa shape index (κ1) is 19.8. The average molecular weight is 403 g/mol. The predicted octanol–water partition coefficient (Wildman–Crippen LogP) is 3.21. The molecule has 3 N–H and O–H groups in total. The number of aliphatic hydroxyl groups is 3. The Morgan fingerprint density at radius 2 is 1.86 bits per heavy atom. The van der Waals surface area contributed by atoms with Gasteiger partial charge in [-0.3, -0.25) is 0 Å². The molecule has 0 bridgehead atoms. The first-order valence-electron chi connectivity index (χ1n) is 11.4. The molecule has 1 heterocycles. The van der Waals surface area contributed by atoms with Crippen LogP contribution < -0.4 is 5.63 Å². The lowest BCUT2D eigenvalue weighted by Gasteiger charge is -2.65. The van der Waals surface area contributed by atoms with Gasteiger partial charge in [-0.1, -0.05) is 13.8 Å². The molecule has 4 aliphatic carbocycles. The summed E-state index contributed by atoms with van der Waals surface area (Å²) >= 11 is 0. The minimum Gasteiger partial charge on any atom is -0.431 e. The van der Waals surface area contributed by atoms with Crippen LogP contribution >= 0.6 is 0 Å². The Hall–Kier alpha value is -1.17. The Balaban J connectivity index is 1.52. The number of hydrogen-bond acceptors (Lipinski definition) is 5. The molecule has 9 atom stereocenters. The number of fused-ring (bicyclic) bond motifs is 5. The van der Waals surface area contributed by atoms with E-state index >= 15 is 0 Å². The minimum absolute atomic E-state index is 0.0176. The van der Waals surface area contributed by atoms with Gasteiger partial charge in [-0.25, -0.2) is 4.79 Å². The molecule has 4 aliphatic rings. The Kier molecular flexibility index (Phi) is 4.37. The van der Waals surface area contributed by atoms with Crippen molar-refractivity contribution < 1.29 is 19.7 Å². The fourth-order valence-corrected chi connectivity index (χ4v) is 8.41. The Labute approximate surface area is 172 Å². The molecule has 0 aliphatic heterocycles. The molecule has 5 heteroatoms. The van der Waals surface area contributed by atoms with Gasteiger partial charge >= 0.3 is 5.63 Å². The first-order valence-corrected chi connectivity index (χ1v) is 11.4. The minimum atomic E-state index is -0.818. The summed E-state index contributed by atoms with van der Waals surface area (Å²) in [7, 11) is 0. The Morgan fingerprint density at radius 3 is 2.59 bits per heavy atom. The van der Waals surface area contributed by atoms with Crippen LogP contribution in [0.3, 0.4) is 0 Å². The summed E-state index contributed by atoms with van der Waals surface area (Å²) in [4.78, 5) is 11.4. The third-order valence-corrected chi connectivity index (χ3v) is 9.89. The SMILES string of the molecule is C[C@]12CC[C@H](O)C[C@H]1CC[C@@H]1[C@@H]2[C@@H](O)C[C@]2(C)[C@@H](c3ccc(=O)oc3)CC[C@]12O. The molecular weight excluding hydrogens is 368 g/mol. The van der Waals surface area contributed by atoms with Crippen LogP contribution in [0.4, 0.5) is 0 Å². The standard InChI is InChI=1S/C24H34O5/c1-22-9-7-16(25)11-15(22)4-5-18-21(22)19(26)12-23(2)17(8-10-24(18,23)28)14-3-6-20(27)29-13-14/h3,6,13,15-19,21,25-26,28H,4-5,7-12H2,1-2H3/t15-,16+,17-,18-,19+,21-,22+,23-,24+/m1/s1. The molecule has 1 aromatic rings. The van der Waals surface area contributed by atoms with Crippen molar-refractivity contribution >= 4 is 0 Å². The van der Waals surface area contributed by atoms with Crippen molar-refractivity contribution in [3.05, 3.63) is 34.4 Å². The summed E-state index contributed by atoms with van der Waals surface area (Å²) in [5.74, 6) is 0.662. The lowest BCUT2D eigenvalue weighted by atomic mass is 9.42. The first-order chi connectivity index (χ1) is 13.7. The lowest BCUT2D eigenvalue weighted by Crippen LogP contribution is -2.66. The van der Waals surface area contributed by atoms with Crippen molar-refractivity contribution in [1.29, 1.82) is 0 Å². The van der Waals surface area contributed by atoms with Crippen molar-refractivity contribution in [2.45, 2.75) is 88.9 Å². The van der Waals surface area contributed by atoms with E-state index in [-0.39, 0.29) is 34.9 Å². The number of rotatable bonds is 1. The molecule has 0 radical (unpaired) electrons. The van der Waals surface area contributed by atoms with E-state index in [4.69, 9.17) is 4.42 Å². The fraction of sp³-hybridized carbons (Fsp3) is 0.792. The highest BCUT2D eigenvalue weighted by molar-refractivity contribution is 5.28. The van der Waals surface area contributed by atoms with E-state index in [1.807, 2.05) is 6.07 Å². The number of hydrogen-bond donors (Lipinski definition) is 3. The molecule has 4 fully saturated rings. The van der Waals surface area contributed by atoms with Crippen molar-refractivity contribution in [3.8, 4) is 0 Å². The average Bonchev–Trinajstić information content (AvgIpc) is 2.94. The van der Waals surface area contributed by atoms with Gasteiger partial charge < -0.3 is 19.7 Å². The monoisotopic (exact) mass is 402 g/mol.